The molecule has 0 radical (unpaired) electrons. The van der Waals surface area contributed by atoms with Crippen molar-refractivity contribution < 1.29 is 40.2 Å². The summed E-state index contributed by atoms with van der Waals surface area (Å²) in [5.74, 6) is -1.10. The van der Waals surface area contributed by atoms with Crippen LogP contribution in [0.25, 0.3) is 0 Å². The molecule has 4 aliphatic carbocycles. The summed E-state index contributed by atoms with van der Waals surface area (Å²) in [7, 11) is 0. The molecule has 14 unspecified atom stereocenters. The number of ether oxygens (including phenoxy) is 1. The Morgan fingerprint density at radius 2 is 1.77 bits per heavy atom. The molecule has 0 amide bonds. The lowest BCUT2D eigenvalue weighted by atomic mass is 9.43. The Morgan fingerprint density at radius 3 is 2.46 bits per heavy atom. The molecule has 1 aliphatic heterocycles. The van der Waals surface area contributed by atoms with Gasteiger partial charge in [-0.1, -0.05) is 76.8 Å². The van der Waals surface area contributed by atoms with Gasteiger partial charge in [-0.15, -0.1) is 0 Å². The molecule has 0 bridgehead atoms. The number of allylic oxidation sites excluding steroid dienone is 1. The maximum absolute atomic E-state index is 14.9. The zero-order chi connectivity index (χ0) is 37.6. The first-order valence-corrected chi connectivity index (χ1v) is 20.5. The lowest BCUT2D eigenvalue weighted by molar-refractivity contribution is -0.196. The molecule has 1 saturated heterocycles. The van der Waals surface area contributed by atoms with E-state index in [-0.39, 0.29) is 37.0 Å². The number of benzene rings is 1. The van der Waals surface area contributed by atoms with Gasteiger partial charge in [0.15, 0.2) is 5.78 Å². The molecule has 6 rings (SSSR count). The Morgan fingerprint density at radius 1 is 1.04 bits per heavy atom. The fourth-order valence-corrected chi connectivity index (χ4v) is 12.0. The van der Waals surface area contributed by atoms with Crippen LogP contribution in [-0.4, -0.2) is 91.3 Å². The van der Waals surface area contributed by atoms with Crippen LogP contribution in [0.2, 0.25) is 0 Å². The van der Waals surface area contributed by atoms with E-state index in [4.69, 9.17) is 4.74 Å². The number of hydrogen-bond acceptors (Lipinski definition) is 9. The standard InChI is InChI=1S/C43H67NO8/c1-6-7-8-12-15-29-25-52-38(27(29)3)39(49)41(5,50)34-18-21-43(51)35-30(17-19-40(34,43)4)42(20-16-28-13-10-9-11-14-28)23-33(47)32(46)22-31(42)37(48)36(35)44-24-26(2)45/h9-11,13-14,26-27,29-34,38-39,44-47,49-51H,6-8,12,15-25H2,1-5H3. The van der Waals surface area contributed by atoms with Gasteiger partial charge < -0.3 is 40.7 Å². The van der Waals surface area contributed by atoms with Gasteiger partial charge in [-0.3, -0.25) is 4.79 Å². The fourth-order valence-electron chi connectivity index (χ4n) is 12.0. The van der Waals surface area contributed by atoms with Crippen molar-refractivity contribution in [3.8, 4) is 0 Å². The van der Waals surface area contributed by atoms with Crippen LogP contribution in [0, 0.1) is 40.4 Å². The molecule has 3 saturated carbocycles. The molecule has 292 valence electrons. The fraction of sp³-hybridized carbons (Fsp3) is 0.791. The number of aryl methyl sites for hydroxylation is 1. The summed E-state index contributed by atoms with van der Waals surface area (Å²) in [6, 6.07) is 10.1. The van der Waals surface area contributed by atoms with E-state index in [0.29, 0.717) is 62.3 Å². The third-order valence-corrected chi connectivity index (χ3v) is 15.1. The molecule has 7 N–H and O–H groups in total. The summed E-state index contributed by atoms with van der Waals surface area (Å²) >= 11 is 0. The van der Waals surface area contributed by atoms with Crippen LogP contribution in [0.5, 0.6) is 0 Å². The smallest absolute Gasteiger partial charge is 0.182 e. The second-order valence-electron chi connectivity index (χ2n) is 18.1. The lowest BCUT2D eigenvalue weighted by Gasteiger charge is -2.62. The van der Waals surface area contributed by atoms with Crippen molar-refractivity contribution in [2.75, 3.05) is 13.2 Å². The molecule has 9 nitrogen and oxygen atoms in total. The number of aliphatic hydroxyl groups excluding tert-OH is 4. The van der Waals surface area contributed by atoms with E-state index in [1.807, 2.05) is 25.1 Å². The van der Waals surface area contributed by atoms with E-state index in [1.54, 1.807) is 13.8 Å². The van der Waals surface area contributed by atoms with Crippen molar-refractivity contribution in [3.63, 3.8) is 0 Å². The van der Waals surface area contributed by atoms with E-state index < -0.39 is 64.4 Å². The number of unbranched alkanes of at least 4 members (excludes halogenated alkanes) is 3. The highest BCUT2D eigenvalue weighted by Crippen LogP contribution is 2.70. The van der Waals surface area contributed by atoms with Gasteiger partial charge in [0, 0.05) is 17.9 Å². The summed E-state index contributed by atoms with van der Waals surface area (Å²) < 4.78 is 6.26. The highest BCUT2D eigenvalue weighted by molar-refractivity contribution is 6.00. The maximum atomic E-state index is 14.9. The van der Waals surface area contributed by atoms with E-state index >= 15 is 0 Å². The largest absolute Gasteiger partial charge is 0.392 e. The Kier molecular flexibility index (Phi) is 11.8. The summed E-state index contributed by atoms with van der Waals surface area (Å²) in [5.41, 5.74) is -2.57. The summed E-state index contributed by atoms with van der Waals surface area (Å²) in [5, 5.41) is 73.6. The number of aliphatic hydroxyl groups is 6. The van der Waals surface area contributed by atoms with Crippen LogP contribution in [0.4, 0.5) is 0 Å². The highest BCUT2D eigenvalue weighted by atomic mass is 16.5. The molecule has 5 aliphatic rings. The Balaban J connectivity index is 1.36. The average molecular weight is 726 g/mol. The Bertz CT molecular complexity index is 1430. The van der Waals surface area contributed by atoms with Crippen molar-refractivity contribution in [2.45, 2.75) is 160 Å². The van der Waals surface area contributed by atoms with Crippen LogP contribution in [0.3, 0.4) is 0 Å². The van der Waals surface area contributed by atoms with Crippen LogP contribution in [-0.2, 0) is 16.0 Å². The monoisotopic (exact) mass is 725 g/mol. The topological polar surface area (TPSA) is 160 Å². The summed E-state index contributed by atoms with van der Waals surface area (Å²) in [6.07, 6.45) is 4.92. The summed E-state index contributed by atoms with van der Waals surface area (Å²) in [4.78, 5) is 14.9. The minimum absolute atomic E-state index is 0.0800. The molecule has 4 fully saturated rings. The second kappa shape index (κ2) is 15.4. The number of carbonyl (C=O) groups is 1. The zero-order valence-corrected chi connectivity index (χ0v) is 32.3. The molecule has 1 heterocycles. The van der Waals surface area contributed by atoms with Gasteiger partial charge in [0.2, 0.25) is 0 Å². The van der Waals surface area contributed by atoms with E-state index in [9.17, 15) is 35.4 Å². The number of rotatable bonds is 14. The predicted molar refractivity (Wildman–Crippen MR) is 200 cm³/mol. The van der Waals surface area contributed by atoms with Gasteiger partial charge in [0.1, 0.15) is 6.10 Å². The molecular weight excluding hydrogens is 658 g/mol. The van der Waals surface area contributed by atoms with Gasteiger partial charge >= 0.3 is 0 Å². The van der Waals surface area contributed by atoms with Gasteiger partial charge in [-0.05, 0) is 112 Å². The molecule has 9 heteroatoms. The molecule has 14 atom stereocenters. The van der Waals surface area contributed by atoms with Gasteiger partial charge in [0.05, 0.1) is 47.9 Å². The third-order valence-electron chi connectivity index (χ3n) is 15.1. The number of fused-ring (bicyclic) bond motifs is 5. The molecule has 0 aromatic heterocycles. The number of ketones is 1. The van der Waals surface area contributed by atoms with Crippen LogP contribution >= 0.6 is 0 Å². The second-order valence-corrected chi connectivity index (χ2v) is 18.1. The zero-order valence-electron chi connectivity index (χ0n) is 32.3. The summed E-state index contributed by atoms with van der Waals surface area (Å²) in [6.45, 7) is 10.4. The maximum Gasteiger partial charge on any atom is 0.182 e. The SMILES string of the molecule is CCCCCCC1COC(C(O)C(C)(O)C2CCC3(O)C4=C(NCC(C)O)C(=O)C5CC(O)C(O)CC5(CCc5ccccc5)C4CCC23C)C1C. The lowest BCUT2D eigenvalue weighted by Crippen LogP contribution is -2.65. The van der Waals surface area contributed by atoms with Gasteiger partial charge in [-0.25, -0.2) is 0 Å². The number of Topliss-reactive ketones (excluding diaryl/α,β-unsaturated/α-hetero) is 1. The molecule has 1 aromatic carbocycles. The normalized spacial score (nSPS) is 41.2. The quantitative estimate of drug-likeness (QED) is 0.133. The van der Waals surface area contributed by atoms with Crippen molar-refractivity contribution >= 4 is 5.78 Å². The number of hydrogen-bond donors (Lipinski definition) is 7. The Labute approximate surface area is 311 Å². The van der Waals surface area contributed by atoms with Gasteiger partial charge in [-0.2, -0.15) is 0 Å². The number of carbonyl (C=O) groups excluding carboxylic acids is 1. The minimum Gasteiger partial charge on any atom is -0.392 e. The predicted octanol–water partition coefficient (Wildman–Crippen LogP) is 4.84. The first kappa shape index (κ1) is 39.8. The van der Waals surface area contributed by atoms with E-state index in [2.05, 4.69) is 31.3 Å². The van der Waals surface area contributed by atoms with E-state index in [0.717, 1.165) is 18.4 Å². The van der Waals surface area contributed by atoms with Crippen LogP contribution < -0.4 is 5.32 Å². The van der Waals surface area contributed by atoms with Gasteiger partial charge in [0.25, 0.3) is 0 Å². The first-order valence-electron chi connectivity index (χ1n) is 20.5. The van der Waals surface area contributed by atoms with Crippen molar-refractivity contribution in [1.29, 1.82) is 0 Å². The average Bonchev–Trinajstić information content (AvgIpc) is 3.62. The Hall–Kier alpha value is -1.85. The molecule has 0 spiro atoms. The van der Waals surface area contributed by atoms with Crippen molar-refractivity contribution in [2.24, 2.45) is 40.4 Å². The minimum atomic E-state index is -1.58. The molecular formula is C43H67NO8. The third kappa shape index (κ3) is 6.73. The van der Waals surface area contributed by atoms with Crippen LogP contribution in [0.15, 0.2) is 41.6 Å². The first-order chi connectivity index (χ1) is 24.6. The number of nitrogens with one attached hydrogen (secondary N) is 1. The van der Waals surface area contributed by atoms with E-state index in [1.165, 1.54) is 19.3 Å². The molecule has 1 aromatic rings. The highest BCUT2D eigenvalue weighted by Gasteiger charge is 2.71. The van der Waals surface area contributed by atoms with Crippen molar-refractivity contribution in [1.82, 2.24) is 5.32 Å². The molecule has 52 heavy (non-hydrogen) atoms. The van der Waals surface area contributed by atoms with Crippen molar-refractivity contribution in [3.05, 3.63) is 47.2 Å². The van der Waals surface area contributed by atoms with Crippen LogP contribution in [0.1, 0.15) is 117 Å².